The van der Waals surface area contributed by atoms with Crippen molar-refractivity contribution in [3.05, 3.63) is 47.7 Å². The number of nitrogens with one attached hydrogen (secondary N) is 3. The first kappa shape index (κ1) is 42.7. The number of carbonyl (C=O) groups excluding carboxylic acids is 3. The van der Waals surface area contributed by atoms with Gasteiger partial charge in [0.15, 0.2) is 5.78 Å². The highest BCUT2D eigenvalue weighted by molar-refractivity contribution is 5.96. The van der Waals surface area contributed by atoms with E-state index in [1.165, 1.54) is 10.6 Å². The summed E-state index contributed by atoms with van der Waals surface area (Å²) >= 11 is 0. The molecule has 324 valence electrons. The van der Waals surface area contributed by atoms with Gasteiger partial charge in [0.25, 0.3) is 0 Å². The molecule has 0 unspecified atom stereocenters. The Labute approximate surface area is 353 Å². The molecular weight excluding hydrogens is 737 g/mol. The van der Waals surface area contributed by atoms with Crippen LogP contribution in [-0.2, 0) is 20.8 Å². The first-order chi connectivity index (χ1) is 27.3. The normalized spacial score (nSPS) is 40.8. The average Bonchev–Trinajstić information content (AvgIpc) is 3.56. The standard InChI is InChI=1S/C50H74N4O5/c1-43(2)26-31(27-44(3,4)54(43)59)52-41(57)36(24-30-29-51-35-15-13-12-14-32(30)35)53-42(58)47(8)21-20-46(7)22-23-49(10)33(34(46)28-47)25-37(55)40-48(9)18-17-39(56)45(5,6)38(48)16-19-50(40,49)11/h12-15,25,29,31,34,36,38-40,51,56,59H,16-24,26-28H2,1-11H3,(H,52,57)(H,53,58)/t34-,36-,38-,39-,40+,46+,47-,48-,49+,50+/m0/s1. The Morgan fingerprint density at radius 3 is 2.22 bits per heavy atom. The number of aromatic nitrogens is 1. The Balaban J connectivity index is 1.09. The molecule has 5 fully saturated rings. The number of hydroxylamine groups is 2. The molecule has 0 radical (unpaired) electrons. The fourth-order valence-electron chi connectivity index (χ4n) is 15.1. The molecule has 1 aromatic carbocycles. The van der Waals surface area contributed by atoms with Gasteiger partial charge in [0.05, 0.1) is 6.10 Å². The molecule has 1 aliphatic heterocycles. The third kappa shape index (κ3) is 6.43. The second kappa shape index (κ2) is 13.7. The summed E-state index contributed by atoms with van der Waals surface area (Å²) in [6.07, 6.45) is 13.1. The first-order valence-electron chi connectivity index (χ1n) is 22.9. The van der Waals surface area contributed by atoms with Crippen molar-refractivity contribution in [2.45, 2.75) is 182 Å². The van der Waals surface area contributed by atoms with Crippen LogP contribution in [0.5, 0.6) is 0 Å². The number of aromatic amines is 1. The summed E-state index contributed by atoms with van der Waals surface area (Å²) in [5.41, 5.74) is 0.589. The van der Waals surface area contributed by atoms with Gasteiger partial charge >= 0.3 is 0 Å². The topological polar surface area (TPSA) is 135 Å². The van der Waals surface area contributed by atoms with Crippen molar-refractivity contribution < 1.29 is 24.7 Å². The Morgan fingerprint density at radius 2 is 1.53 bits per heavy atom. The summed E-state index contributed by atoms with van der Waals surface area (Å²) in [7, 11) is 0. The summed E-state index contributed by atoms with van der Waals surface area (Å²) in [6, 6.07) is 7.09. The van der Waals surface area contributed by atoms with E-state index in [1.54, 1.807) is 0 Å². The molecule has 2 heterocycles. The zero-order chi connectivity index (χ0) is 42.9. The molecule has 0 bridgehead atoms. The van der Waals surface area contributed by atoms with E-state index in [1.807, 2.05) is 52.1 Å². The molecule has 9 nitrogen and oxygen atoms in total. The van der Waals surface area contributed by atoms with E-state index < -0.39 is 22.5 Å². The van der Waals surface area contributed by atoms with Crippen LogP contribution >= 0.6 is 0 Å². The molecule has 4 saturated carbocycles. The van der Waals surface area contributed by atoms with Crippen LogP contribution < -0.4 is 10.6 Å². The van der Waals surface area contributed by atoms with Crippen LogP contribution in [0.1, 0.15) is 152 Å². The number of H-pyrrole nitrogens is 1. The van der Waals surface area contributed by atoms with E-state index in [2.05, 4.69) is 76.2 Å². The van der Waals surface area contributed by atoms with Crippen molar-refractivity contribution in [2.75, 3.05) is 0 Å². The molecule has 5 aliphatic carbocycles. The third-order valence-electron chi connectivity index (χ3n) is 18.8. The zero-order valence-electron chi connectivity index (χ0n) is 38.0. The van der Waals surface area contributed by atoms with Crippen LogP contribution in [0, 0.1) is 50.2 Å². The highest BCUT2D eigenvalue weighted by Crippen LogP contribution is 2.75. The molecule has 2 aromatic rings. The fraction of sp³-hybridized carbons (Fsp3) is 0.740. The predicted octanol–water partition coefficient (Wildman–Crippen LogP) is 9.06. The number of aliphatic hydroxyl groups excluding tert-OH is 1. The van der Waals surface area contributed by atoms with Crippen LogP contribution in [-0.4, -0.2) is 67.2 Å². The van der Waals surface area contributed by atoms with Crippen molar-refractivity contribution in [1.29, 1.82) is 0 Å². The predicted molar refractivity (Wildman–Crippen MR) is 232 cm³/mol. The van der Waals surface area contributed by atoms with Crippen LogP contribution in [0.3, 0.4) is 0 Å². The number of aliphatic hydroxyl groups is 1. The lowest BCUT2D eigenvalue weighted by atomic mass is 9.33. The first-order valence-corrected chi connectivity index (χ1v) is 22.9. The minimum Gasteiger partial charge on any atom is -0.393 e. The Kier molecular flexibility index (Phi) is 9.94. The van der Waals surface area contributed by atoms with E-state index in [9.17, 15) is 24.7 Å². The zero-order valence-corrected chi connectivity index (χ0v) is 38.0. The minimum atomic E-state index is -0.800. The second-order valence-corrected chi connectivity index (χ2v) is 23.8. The highest BCUT2D eigenvalue weighted by atomic mass is 16.5. The fourth-order valence-corrected chi connectivity index (χ4v) is 15.1. The number of carbonyl (C=O) groups is 3. The van der Waals surface area contributed by atoms with Gasteiger partial charge in [-0.25, -0.2) is 0 Å². The monoisotopic (exact) mass is 811 g/mol. The van der Waals surface area contributed by atoms with E-state index in [-0.39, 0.29) is 74.6 Å². The van der Waals surface area contributed by atoms with Gasteiger partial charge < -0.3 is 25.9 Å². The second-order valence-electron chi connectivity index (χ2n) is 23.8. The number of nitrogens with zero attached hydrogens (tertiary/aromatic N) is 1. The van der Waals surface area contributed by atoms with Gasteiger partial charge in [0.2, 0.25) is 11.8 Å². The van der Waals surface area contributed by atoms with Crippen molar-refractivity contribution in [1.82, 2.24) is 20.7 Å². The maximum Gasteiger partial charge on any atom is 0.243 e. The van der Waals surface area contributed by atoms with Crippen LogP contribution in [0.15, 0.2) is 42.1 Å². The van der Waals surface area contributed by atoms with E-state index in [4.69, 9.17) is 0 Å². The molecule has 1 aromatic heterocycles. The lowest BCUT2D eigenvalue weighted by molar-refractivity contribution is -0.246. The van der Waals surface area contributed by atoms with E-state index in [0.717, 1.165) is 67.8 Å². The average molecular weight is 811 g/mol. The van der Waals surface area contributed by atoms with Crippen LogP contribution in [0.25, 0.3) is 10.9 Å². The maximum absolute atomic E-state index is 15.0. The maximum atomic E-state index is 15.0. The van der Waals surface area contributed by atoms with Gasteiger partial charge in [-0.2, -0.15) is 5.06 Å². The molecule has 5 N–H and O–H groups in total. The summed E-state index contributed by atoms with van der Waals surface area (Å²) in [5.74, 6) is 0.223. The van der Waals surface area contributed by atoms with Gasteiger partial charge in [-0.1, -0.05) is 72.2 Å². The van der Waals surface area contributed by atoms with Crippen molar-refractivity contribution in [3.63, 3.8) is 0 Å². The van der Waals surface area contributed by atoms with Crippen molar-refractivity contribution >= 4 is 28.5 Å². The SMILES string of the molecule is CC1(C)[C@@H](O)CC[C@]2(C)[C@H]3C(=O)C=C4[C@@H]5C[C@@](C)(C(=O)N[C@@H](Cc6c[nH]c7ccccc67)C(=O)NC6CC(C)(C)N(O)C(C)(C)C6)CC[C@]5(C)CC[C@@]4(C)[C@]3(C)CC[C@@H]12. The number of para-hydroxylation sites is 1. The summed E-state index contributed by atoms with van der Waals surface area (Å²) < 4.78 is 0. The molecule has 9 heteroatoms. The molecule has 6 aliphatic rings. The van der Waals surface area contributed by atoms with Crippen molar-refractivity contribution in [2.24, 2.45) is 50.2 Å². The Bertz CT molecular complexity index is 2050. The quantitative estimate of drug-likeness (QED) is 0.198. The van der Waals surface area contributed by atoms with E-state index in [0.29, 0.717) is 25.7 Å². The number of piperidine rings is 1. The molecule has 59 heavy (non-hydrogen) atoms. The van der Waals surface area contributed by atoms with Gasteiger partial charge in [-0.05, 0) is 155 Å². The number of allylic oxidation sites excluding steroid dienone is 2. The molecular formula is C50H74N4O5. The third-order valence-corrected chi connectivity index (χ3v) is 18.8. The molecule has 1 saturated heterocycles. The van der Waals surface area contributed by atoms with Gasteiger partial charge in [-0.3, -0.25) is 14.4 Å². The lowest BCUT2D eigenvalue weighted by Gasteiger charge is -2.70. The minimum absolute atomic E-state index is 0.0192. The highest BCUT2D eigenvalue weighted by Gasteiger charge is 2.70. The summed E-state index contributed by atoms with van der Waals surface area (Å²) in [6.45, 7) is 24.1. The smallest absolute Gasteiger partial charge is 0.243 e. The number of benzene rings is 1. The molecule has 10 atom stereocenters. The van der Waals surface area contributed by atoms with Gasteiger partial charge in [0, 0.05) is 52.0 Å². The summed E-state index contributed by atoms with van der Waals surface area (Å²) in [4.78, 5) is 47.8. The Morgan fingerprint density at radius 1 is 0.864 bits per heavy atom. The number of hydrogen-bond acceptors (Lipinski definition) is 6. The lowest BCUT2D eigenvalue weighted by Crippen LogP contribution is -2.66. The largest absolute Gasteiger partial charge is 0.393 e. The van der Waals surface area contributed by atoms with Gasteiger partial charge in [0.1, 0.15) is 6.04 Å². The number of ketones is 1. The molecule has 0 spiro atoms. The number of rotatable bonds is 6. The van der Waals surface area contributed by atoms with Crippen molar-refractivity contribution in [3.8, 4) is 0 Å². The number of amides is 2. The van der Waals surface area contributed by atoms with E-state index >= 15 is 0 Å². The number of hydrogen-bond donors (Lipinski definition) is 5. The summed E-state index contributed by atoms with van der Waals surface area (Å²) in [5, 5.41) is 31.3. The van der Waals surface area contributed by atoms with Crippen LogP contribution in [0.2, 0.25) is 0 Å². The number of fused-ring (bicyclic) bond motifs is 8. The van der Waals surface area contributed by atoms with Gasteiger partial charge in [-0.15, -0.1) is 0 Å². The Hall–Kier alpha value is -3.01. The van der Waals surface area contributed by atoms with Crippen LogP contribution in [0.4, 0.5) is 0 Å². The molecule has 2 amide bonds. The molecule has 8 rings (SSSR count).